The minimum Gasteiger partial charge on any atom is -0.493 e. The molecule has 3 saturated carbocycles. The summed E-state index contributed by atoms with van der Waals surface area (Å²) in [6.07, 6.45) is 4.99. The third-order valence-electron chi connectivity index (χ3n) is 10.6. The fraction of sp³-hybridized carbons (Fsp3) is 0.769. The maximum atomic E-state index is 12.0. The lowest BCUT2D eigenvalue weighted by atomic mass is 9.33. The summed E-state index contributed by atoms with van der Waals surface area (Å²) in [5.74, 6) is 1.77. The van der Waals surface area contributed by atoms with Gasteiger partial charge in [-0.1, -0.05) is 26.8 Å². The van der Waals surface area contributed by atoms with Gasteiger partial charge in [0.15, 0.2) is 11.5 Å². The van der Waals surface area contributed by atoms with Gasteiger partial charge in [0.05, 0.1) is 12.7 Å². The Morgan fingerprint density at radius 3 is 2.58 bits per heavy atom. The number of nitrogens with one attached hydrogen (secondary N) is 1. The average Bonchev–Trinajstić information content (AvgIpc) is 3.09. The molecule has 1 saturated heterocycles. The fourth-order valence-corrected chi connectivity index (χ4v) is 8.68. The molecule has 170 valence electrons. The molecule has 5 nitrogen and oxygen atoms in total. The van der Waals surface area contributed by atoms with Gasteiger partial charge in [-0.05, 0) is 62.6 Å². The summed E-state index contributed by atoms with van der Waals surface area (Å²) in [7, 11) is 3.57. The normalized spacial score (nSPS) is 43.8. The van der Waals surface area contributed by atoms with Gasteiger partial charge < -0.3 is 24.6 Å². The van der Waals surface area contributed by atoms with Gasteiger partial charge in [-0.25, -0.2) is 0 Å². The van der Waals surface area contributed by atoms with E-state index in [0.717, 1.165) is 50.1 Å². The average molecular weight is 428 g/mol. The third-order valence-corrected chi connectivity index (χ3v) is 10.6. The summed E-state index contributed by atoms with van der Waals surface area (Å²) < 4.78 is 19.3. The van der Waals surface area contributed by atoms with Crippen LogP contribution in [0.4, 0.5) is 0 Å². The van der Waals surface area contributed by atoms with Crippen molar-refractivity contribution in [3.8, 4) is 11.5 Å². The number of hydrogen-bond acceptors (Lipinski definition) is 5. The van der Waals surface area contributed by atoms with Crippen molar-refractivity contribution < 1.29 is 19.3 Å². The number of methoxy groups -OCH3 is 2. The van der Waals surface area contributed by atoms with Crippen molar-refractivity contribution in [1.29, 1.82) is 0 Å². The number of ether oxygens (including phenoxy) is 3. The SMILES string of the molecule is COc1ccc2c3c1O[C@H]1[C@@]4(OC)CC[C@@]5(C[C@@H]4[C@](C)(O)C(C)(C)C)[C@@H](C2)NCC[C@]315. The second-order valence-electron chi connectivity index (χ2n) is 12.0. The van der Waals surface area contributed by atoms with Crippen molar-refractivity contribution in [2.45, 2.75) is 88.6 Å². The van der Waals surface area contributed by atoms with Gasteiger partial charge in [0, 0.05) is 35.5 Å². The summed E-state index contributed by atoms with van der Waals surface area (Å²) in [5, 5.41) is 15.9. The van der Waals surface area contributed by atoms with Gasteiger partial charge in [0.25, 0.3) is 0 Å². The number of rotatable bonds is 3. The van der Waals surface area contributed by atoms with Crippen molar-refractivity contribution in [3.63, 3.8) is 0 Å². The number of aliphatic hydroxyl groups is 1. The van der Waals surface area contributed by atoms with E-state index < -0.39 is 11.2 Å². The lowest BCUT2D eigenvalue weighted by Gasteiger charge is -2.74. The number of fused-ring (bicyclic) bond motifs is 2. The highest BCUT2D eigenvalue weighted by Crippen LogP contribution is 2.77. The van der Waals surface area contributed by atoms with E-state index in [4.69, 9.17) is 14.2 Å². The van der Waals surface area contributed by atoms with Crippen molar-refractivity contribution >= 4 is 0 Å². The Labute approximate surface area is 185 Å². The lowest BCUT2D eigenvalue weighted by Crippen LogP contribution is -2.83. The van der Waals surface area contributed by atoms with E-state index in [1.165, 1.54) is 11.1 Å². The van der Waals surface area contributed by atoms with Crippen LogP contribution in [0, 0.1) is 16.7 Å². The minimum absolute atomic E-state index is 0.00105. The first-order valence-electron chi connectivity index (χ1n) is 12.0. The second-order valence-corrected chi connectivity index (χ2v) is 12.0. The molecule has 0 amide bonds. The van der Waals surface area contributed by atoms with Crippen LogP contribution in [-0.4, -0.2) is 49.2 Å². The molecule has 7 rings (SSSR count). The summed E-state index contributed by atoms with van der Waals surface area (Å²) in [6.45, 7) is 9.48. The maximum Gasteiger partial charge on any atom is 0.165 e. The fourth-order valence-electron chi connectivity index (χ4n) is 8.68. The molecule has 4 bridgehead atoms. The third kappa shape index (κ3) is 1.98. The van der Waals surface area contributed by atoms with Crippen LogP contribution in [0.2, 0.25) is 0 Å². The Kier molecular flexibility index (Phi) is 3.79. The van der Waals surface area contributed by atoms with E-state index in [1.807, 2.05) is 14.0 Å². The first kappa shape index (κ1) is 20.3. The molecule has 1 aromatic rings. The highest BCUT2D eigenvalue weighted by molar-refractivity contribution is 5.63. The Balaban J connectivity index is 1.64. The molecular formula is C26H37NO4. The summed E-state index contributed by atoms with van der Waals surface area (Å²) >= 11 is 0. The summed E-state index contributed by atoms with van der Waals surface area (Å²) in [4.78, 5) is 0. The Morgan fingerprint density at radius 1 is 1.13 bits per heavy atom. The first-order chi connectivity index (χ1) is 14.6. The van der Waals surface area contributed by atoms with E-state index in [9.17, 15) is 5.11 Å². The lowest BCUT2D eigenvalue weighted by molar-refractivity contribution is -0.303. The molecule has 4 fully saturated rings. The summed E-state index contributed by atoms with van der Waals surface area (Å²) in [6, 6.07) is 4.73. The number of hydrogen-bond donors (Lipinski definition) is 2. The van der Waals surface area contributed by atoms with Gasteiger partial charge in [0.1, 0.15) is 11.7 Å². The highest BCUT2D eigenvalue weighted by atomic mass is 16.6. The van der Waals surface area contributed by atoms with Gasteiger partial charge >= 0.3 is 0 Å². The van der Waals surface area contributed by atoms with Crippen LogP contribution in [0.3, 0.4) is 0 Å². The van der Waals surface area contributed by atoms with Crippen molar-refractivity contribution in [2.24, 2.45) is 16.7 Å². The topological polar surface area (TPSA) is 60.0 Å². The zero-order valence-electron chi connectivity index (χ0n) is 19.8. The zero-order valence-corrected chi connectivity index (χ0v) is 19.8. The smallest absolute Gasteiger partial charge is 0.165 e. The molecule has 0 radical (unpaired) electrons. The molecule has 2 spiro atoms. The molecule has 0 aromatic heterocycles. The van der Waals surface area contributed by atoms with Crippen LogP contribution in [0.25, 0.3) is 0 Å². The molecule has 7 atom stereocenters. The molecule has 31 heavy (non-hydrogen) atoms. The largest absolute Gasteiger partial charge is 0.493 e. The molecule has 2 N–H and O–H groups in total. The standard InChI is InChI=1S/C26H37NO4/c1-22(2,3)23(4,28)17-14-24-9-10-26(17,30-6)21-25(24)11-12-27-18(24)13-15-7-8-16(29-5)20(31-21)19(15)25/h7-8,17-18,21,27-28H,9-14H2,1-6H3/t17-,18-,21-,23+,24-,25+,26-/m1/s1. The molecule has 6 aliphatic rings. The predicted octanol–water partition coefficient (Wildman–Crippen LogP) is 3.59. The molecule has 4 aliphatic carbocycles. The van der Waals surface area contributed by atoms with Crippen LogP contribution in [0.1, 0.15) is 64.5 Å². The molecule has 0 unspecified atom stereocenters. The monoisotopic (exact) mass is 427 g/mol. The van der Waals surface area contributed by atoms with Gasteiger partial charge in [-0.3, -0.25) is 0 Å². The Bertz CT molecular complexity index is 951. The van der Waals surface area contributed by atoms with Gasteiger partial charge in [-0.15, -0.1) is 0 Å². The first-order valence-corrected chi connectivity index (χ1v) is 12.0. The van der Waals surface area contributed by atoms with Gasteiger partial charge in [0.2, 0.25) is 0 Å². The van der Waals surface area contributed by atoms with E-state index in [2.05, 4.69) is 38.2 Å². The van der Waals surface area contributed by atoms with Crippen LogP contribution < -0.4 is 14.8 Å². The number of benzene rings is 1. The van der Waals surface area contributed by atoms with E-state index in [1.54, 1.807) is 7.11 Å². The highest BCUT2D eigenvalue weighted by Gasteiger charge is 2.81. The van der Waals surface area contributed by atoms with Crippen LogP contribution in [0.5, 0.6) is 11.5 Å². The Morgan fingerprint density at radius 2 is 1.90 bits per heavy atom. The van der Waals surface area contributed by atoms with Crippen LogP contribution in [-0.2, 0) is 16.6 Å². The molecule has 2 aliphatic heterocycles. The van der Waals surface area contributed by atoms with Crippen molar-refractivity contribution in [2.75, 3.05) is 20.8 Å². The predicted molar refractivity (Wildman–Crippen MR) is 119 cm³/mol. The van der Waals surface area contributed by atoms with Gasteiger partial charge in [-0.2, -0.15) is 0 Å². The van der Waals surface area contributed by atoms with E-state index >= 15 is 0 Å². The minimum atomic E-state index is -0.880. The van der Waals surface area contributed by atoms with Crippen LogP contribution >= 0.6 is 0 Å². The number of piperidine rings is 1. The Hall–Kier alpha value is -1.30. The van der Waals surface area contributed by atoms with E-state index in [-0.39, 0.29) is 28.3 Å². The summed E-state index contributed by atoms with van der Waals surface area (Å²) in [5.41, 5.74) is 1.13. The quantitative estimate of drug-likeness (QED) is 0.772. The second kappa shape index (κ2) is 5.78. The molecule has 1 aromatic carbocycles. The maximum absolute atomic E-state index is 12.0. The zero-order chi connectivity index (χ0) is 22.0. The van der Waals surface area contributed by atoms with E-state index in [0.29, 0.717) is 6.04 Å². The van der Waals surface area contributed by atoms with Crippen molar-refractivity contribution in [1.82, 2.24) is 5.32 Å². The molecule has 5 heteroatoms. The molecule has 2 heterocycles. The van der Waals surface area contributed by atoms with Crippen LogP contribution in [0.15, 0.2) is 12.1 Å². The molecular weight excluding hydrogens is 390 g/mol. The van der Waals surface area contributed by atoms with Crippen molar-refractivity contribution in [3.05, 3.63) is 23.3 Å².